The molecular weight excluding hydrogens is 190 g/mol. The number of hydrogen-bond acceptors (Lipinski definition) is 3. The zero-order chi connectivity index (χ0) is 10.7. The van der Waals surface area contributed by atoms with E-state index in [-0.39, 0.29) is 5.54 Å². The fourth-order valence-corrected chi connectivity index (χ4v) is 1.40. The molecule has 2 rings (SSSR count). The Balaban J connectivity index is 1.90. The zero-order valence-corrected chi connectivity index (χ0v) is 9.06. The summed E-state index contributed by atoms with van der Waals surface area (Å²) < 4.78 is 10.9. The van der Waals surface area contributed by atoms with Gasteiger partial charge in [0.05, 0.1) is 5.54 Å². The van der Waals surface area contributed by atoms with Crippen LogP contribution in [-0.2, 0) is 4.74 Å². The molecule has 0 amide bonds. The maximum atomic E-state index is 5.53. The molecule has 0 N–H and O–H groups in total. The molecule has 3 nitrogen and oxygen atoms in total. The Morgan fingerprint density at radius 1 is 1.33 bits per heavy atom. The van der Waals surface area contributed by atoms with Crippen molar-refractivity contribution in [2.24, 2.45) is 4.99 Å². The van der Waals surface area contributed by atoms with Crippen molar-refractivity contribution in [1.29, 1.82) is 0 Å². The van der Waals surface area contributed by atoms with Gasteiger partial charge < -0.3 is 9.47 Å². The van der Waals surface area contributed by atoms with E-state index in [0.717, 1.165) is 5.75 Å². The minimum Gasteiger partial charge on any atom is -0.484 e. The van der Waals surface area contributed by atoms with Gasteiger partial charge in [-0.3, -0.25) is 0 Å². The summed E-state index contributed by atoms with van der Waals surface area (Å²) >= 11 is 0. The van der Waals surface area contributed by atoms with Crippen molar-refractivity contribution in [3.8, 4) is 5.75 Å². The van der Waals surface area contributed by atoms with E-state index in [1.807, 2.05) is 44.2 Å². The van der Waals surface area contributed by atoms with Crippen LogP contribution in [0.4, 0.5) is 0 Å². The van der Waals surface area contributed by atoms with Crippen molar-refractivity contribution in [3.63, 3.8) is 0 Å². The van der Waals surface area contributed by atoms with E-state index in [1.165, 1.54) is 0 Å². The van der Waals surface area contributed by atoms with Gasteiger partial charge >= 0.3 is 0 Å². The third-order valence-corrected chi connectivity index (χ3v) is 2.12. The van der Waals surface area contributed by atoms with Crippen LogP contribution in [0.25, 0.3) is 0 Å². The molecule has 0 spiro atoms. The molecule has 1 aliphatic rings. The Hall–Kier alpha value is -1.51. The summed E-state index contributed by atoms with van der Waals surface area (Å²) in [6.07, 6.45) is 0. The highest BCUT2D eigenvalue weighted by atomic mass is 16.5. The molecule has 0 aliphatic carbocycles. The highest BCUT2D eigenvalue weighted by Gasteiger charge is 2.26. The lowest BCUT2D eigenvalue weighted by atomic mass is 10.1. The Kier molecular flexibility index (Phi) is 2.62. The van der Waals surface area contributed by atoms with Crippen LogP contribution < -0.4 is 4.74 Å². The van der Waals surface area contributed by atoms with Crippen LogP contribution >= 0.6 is 0 Å². The van der Waals surface area contributed by atoms with Gasteiger partial charge in [-0.15, -0.1) is 0 Å². The highest BCUT2D eigenvalue weighted by molar-refractivity contribution is 5.79. The van der Waals surface area contributed by atoms with Gasteiger partial charge in [0, 0.05) is 0 Å². The number of aliphatic imine (C=N–C) groups is 1. The van der Waals surface area contributed by atoms with E-state index in [9.17, 15) is 0 Å². The first-order chi connectivity index (χ1) is 7.16. The molecule has 0 radical (unpaired) electrons. The Bertz CT molecular complexity index is 357. The lowest BCUT2D eigenvalue weighted by molar-refractivity contribution is 0.255. The third-order valence-electron chi connectivity index (χ3n) is 2.12. The number of para-hydroxylation sites is 1. The topological polar surface area (TPSA) is 30.8 Å². The normalized spacial score (nSPS) is 18.1. The molecule has 0 atom stereocenters. The third kappa shape index (κ3) is 2.72. The van der Waals surface area contributed by atoms with Crippen molar-refractivity contribution in [1.82, 2.24) is 0 Å². The largest absolute Gasteiger partial charge is 0.484 e. The van der Waals surface area contributed by atoms with E-state index in [2.05, 4.69) is 4.99 Å². The van der Waals surface area contributed by atoms with Gasteiger partial charge in [0.25, 0.3) is 0 Å². The molecule has 0 bridgehead atoms. The van der Waals surface area contributed by atoms with Crippen molar-refractivity contribution >= 4 is 5.90 Å². The fraction of sp³-hybridized carbons (Fsp3) is 0.417. The van der Waals surface area contributed by atoms with E-state index in [1.54, 1.807) is 0 Å². The number of benzene rings is 1. The lowest BCUT2D eigenvalue weighted by Crippen LogP contribution is -2.17. The van der Waals surface area contributed by atoms with E-state index in [4.69, 9.17) is 9.47 Å². The van der Waals surface area contributed by atoms with Crippen molar-refractivity contribution in [3.05, 3.63) is 30.3 Å². The summed E-state index contributed by atoms with van der Waals surface area (Å²) in [7, 11) is 0. The quantitative estimate of drug-likeness (QED) is 0.758. The minimum absolute atomic E-state index is 0.102. The molecule has 1 aliphatic heterocycles. The molecule has 80 valence electrons. The number of hydrogen-bond donors (Lipinski definition) is 0. The summed E-state index contributed by atoms with van der Waals surface area (Å²) in [4.78, 5) is 4.40. The Morgan fingerprint density at radius 2 is 2.07 bits per heavy atom. The summed E-state index contributed by atoms with van der Waals surface area (Å²) in [6, 6.07) is 9.67. The van der Waals surface area contributed by atoms with E-state index < -0.39 is 0 Å². The zero-order valence-electron chi connectivity index (χ0n) is 9.06. The molecule has 0 aromatic heterocycles. The van der Waals surface area contributed by atoms with Gasteiger partial charge in [-0.2, -0.15) is 0 Å². The van der Waals surface area contributed by atoms with Gasteiger partial charge in [-0.05, 0) is 26.0 Å². The first kappa shape index (κ1) is 10.0. The maximum Gasteiger partial charge on any atom is 0.223 e. The van der Waals surface area contributed by atoms with Crippen molar-refractivity contribution < 1.29 is 9.47 Å². The fourth-order valence-electron chi connectivity index (χ4n) is 1.40. The first-order valence-electron chi connectivity index (χ1n) is 5.05. The maximum absolute atomic E-state index is 5.53. The molecule has 15 heavy (non-hydrogen) atoms. The second-order valence-corrected chi connectivity index (χ2v) is 4.21. The van der Waals surface area contributed by atoms with Crippen molar-refractivity contribution in [2.45, 2.75) is 19.4 Å². The van der Waals surface area contributed by atoms with Crippen LogP contribution in [0.5, 0.6) is 5.75 Å². The van der Waals surface area contributed by atoms with Crippen LogP contribution in [0.3, 0.4) is 0 Å². The van der Waals surface area contributed by atoms with Crippen LogP contribution in [0, 0.1) is 0 Å². The summed E-state index contributed by atoms with van der Waals surface area (Å²) in [6.45, 7) is 5.14. The molecule has 0 saturated carbocycles. The number of ether oxygens (including phenoxy) is 2. The average Bonchev–Trinajstić information content (AvgIpc) is 2.57. The Labute approximate surface area is 89.7 Å². The first-order valence-corrected chi connectivity index (χ1v) is 5.05. The molecule has 1 aromatic carbocycles. The minimum atomic E-state index is -0.102. The van der Waals surface area contributed by atoms with Crippen molar-refractivity contribution in [2.75, 3.05) is 13.2 Å². The summed E-state index contributed by atoms with van der Waals surface area (Å²) in [5.41, 5.74) is -0.102. The molecule has 1 heterocycles. The van der Waals surface area contributed by atoms with Crippen LogP contribution in [0.1, 0.15) is 13.8 Å². The summed E-state index contributed by atoms with van der Waals surface area (Å²) in [5.74, 6) is 1.53. The number of rotatable bonds is 3. The predicted octanol–water partition coefficient (Wildman–Crippen LogP) is 2.27. The number of nitrogens with zero attached hydrogens (tertiary/aromatic N) is 1. The summed E-state index contributed by atoms with van der Waals surface area (Å²) in [5, 5.41) is 0. The van der Waals surface area contributed by atoms with Crippen LogP contribution in [0.2, 0.25) is 0 Å². The molecular formula is C12H15NO2. The SMILES string of the molecule is CC1(C)COC(COc2ccccc2)=N1. The molecule has 3 heteroatoms. The van der Waals surface area contributed by atoms with E-state index >= 15 is 0 Å². The lowest BCUT2D eigenvalue weighted by Gasteiger charge is -2.07. The average molecular weight is 205 g/mol. The molecule has 0 unspecified atom stereocenters. The molecule has 0 fully saturated rings. The van der Waals surface area contributed by atoms with Gasteiger partial charge in [-0.25, -0.2) is 4.99 Å². The van der Waals surface area contributed by atoms with Gasteiger partial charge in [0.15, 0.2) is 6.61 Å². The monoisotopic (exact) mass is 205 g/mol. The molecule has 1 aromatic rings. The van der Waals surface area contributed by atoms with Gasteiger partial charge in [-0.1, -0.05) is 18.2 Å². The second-order valence-electron chi connectivity index (χ2n) is 4.21. The van der Waals surface area contributed by atoms with Gasteiger partial charge in [0.1, 0.15) is 12.4 Å². The van der Waals surface area contributed by atoms with Crippen LogP contribution in [0.15, 0.2) is 35.3 Å². The Morgan fingerprint density at radius 3 is 2.67 bits per heavy atom. The van der Waals surface area contributed by atoms with E-state index in [0.29, 0.717) is 19.1 Å². The van der Waals surface area contributed by atoms with Gasteiger partial charge in [0.2, 0.25) is 5.90 Å². The highest BCUT2D eigenvalue weighted by Crippen LogP contribution is 2.17. The predicted molar refractivity (Wildman–Crippen MR) is 59.4 cm³/mol. The van der Waals surface area contributed by atoms with Crippen LogP contribution in [-0.4, -0.2) is 24.7 Å². The molecule has 0 saturated heterocycles. The standard InChI is InChI=1S/C12H15NO2/c1-12(2)9-15-11(13-12)8-14-10-6-4-3-5-7-10/h3-7H,8-9H2,1-2H3. The second kappa shape index (κ2) is 3.93. The smallest absolute Gasteiger partial charge is 0.223 e.